The summed E-state index contributed by atoms with van der Waals surface area (Å²) in [7, 11) is 0. The van der Waals surface area contributed by atoms with E-state index in [1.807, 2.05) is 0 Å². The van der Waals surface area contributed by atoms with E-state index in [0.29, 0.717) is 23.2 Å². The number of carbonyl (C=O) groups excluding carboxylic acids is 2. The monoisotopic (exact) mass is 513 g/mol. The van der Waals surface area contributed by atoms with Crippen LogP contribution in [0.2, 0.25) is 0 Å². The van der Waals surface area contributed by atoms with Gasteiger partial charge >= 0.3 is 6.09 Å². The minimum atomic E-state index is -0.635. The van der Waals surface area contributed by atoms with Gasteiger partial charge in [0.2, 0.25) is 0 Å². The summed E-state index contributed by atoms with van der Waals surface area (Å²) in [6, 6.07) is 10.7. The SMILES string of the molecule is CC(C)(C)OC(=O)NC[C@H](Cc1cccc(F)c1)NC(=O)c1ccc(I)c(N)c1. The highest BCUT2D eigenvalue weighted by atomic mass is 127. The van der Waals surface area contributed by atoms with Gasteiger partial charge in [0.05, 0.1) is 6.04 Å². The van der Waals surface area contributed by atoms with Crippen molar-refractivity contribution >= 4 is 40.3 Å². The van der Waals surface area contributed by atoms with E-state index in [4.69, 9.17) is 10.5 Å². The van der Waals surface area contributed by atoms with Crippen LogP contribution in [-0.4, -0.2) is 30.2 Å². The normalized spacial score (nSPS) is 12.2. The molecule has 4 N–H and O–H groups in total. The van der Waals surface area contributed by atoms with Crippen molar-refractivity contribution < 1.29 is 18.7 Å². The van der Waals surface area contributed by atoms with Crippen LogP contribution in [0.15, 0.2) is 42.5 Å². The van der Waals surface area contributed by atoms with Crippen molar-refractivity contribution in [1.29, 1.82) is 0 Å². The standard InChI is InChI=1S/C21H25FIN3O3/c1-21(2,3)29-20(28)25-12-16(10-13-5-4-6-15(22)9-13)26-19(27)14-7-8-17(23)18(24)11-14/h4-9,11,16H,10,12,24H2,1-3H3,(H,25,28)(H,26,27)/t16-/m0/s1. The number of hydrogen-bond acceptors (Lipinski definition) is 4. The number of anilines is 1. The minimum absolute atomic E-state index is 0.122. The molecule has 0 aliphatic rings. The zero-order valence-electron chi connectivity index (χ0n) is 16.6. The van der Waals surface area contributed by atoms with Crippen molar-refractivity contribution in [2.75, 3.05) is 12.3 Å². The lowest BCUT2D eigenvalue weighted by Crippen LogP contribution is -2.46. The number of ether oxygens (including phenoxy) is 1. The fourth-order valence-electron chi connectivity index (χ4n) is 2.60. The molecule has 29 heavy (non-hydrogen) atoms. The first-order chi connectivity index (χ1) is 13.5. The van der Waals surface area contributed by atoms with Crippen LogP contribution in [0, 0.1) is 9.39 Å². The van der Waals surface area contributed by atoms with Gasteiger partial charge in [-0.25, -0.2) is 9.18 Å². The van der Waals surface area contributed by atoms with Crippen LogP contribution < -0.4 is 16.4 Å². The Kier molecular flexibility index (Phi) is 7.83. The molecule has 0 fully saturated rings. The molecule has 2 amide bonds. The molecule has 0 spiro atoms. The fraction of sp³-hybridized carbons (Fsp3) is 0.333. The second-order valence-corrected chi connectivity index (χ2v) is 8.79. The highest BCUT2D eigenvalue weighted by molar-refractivity contribution is 14.1. The van der Waals surface area contributed by atoms with Crippen LogP contribution in [0.25, 0.3) is 0 Å². The van der Waals surface area contributed by atoms with Gasteiger partial charge in [-0.15, -0.1) is 0 Å². The molecule has 0 saturated carbocycles. The number of rotatable bonds is 6. The van der Waals surface area contributed by atoms with Gasteiger partial charge in [-0.1, -0.05) is 12.1 Å². The number of amides is 2. The van der Waals surface area contributed by atoms with Gasteiger partial charge < -0.3 is 21.1 Å². The molecule has 0 aliphatic heterocycles. The van der Waals surface area contributed by atoms with Crippen LogP contribution in [0.5, 0.6) is 0 Å². The van der Waals surface area contributed by atoms with Gasteiger partial charge in [-0.3, -0.25) is 4.79 Å². The van der Waals surface area contributed by atoms with Crippen molar-refractivity contribution in [3.8, 4) is 0 Å². The summed E-state index contributed by atoms with van der Waals surface area (Å²) < 4.78 is 19.6. The molecule has 0 unspecified atom stereocenters. The predicted octanol–water partition coefficient (Wildman–Crippen LogP) is 3.88. The summed E-state index contributed by atoms with van der Waals surface area (Å²) in [6.45, 7) is 5.41. The number of hydrogen-bond donors (Lipinski definition) is 3. The van der Waals surface area contributed by atoms with Crippen LogP contribution in [0.3, 0.4) is 0 Å². The number of nitrogens with one attached hydrogen (secondary N) is 2. The molecule has 156 valence electrons. The van der Waals surface area contributed by atoms with Crippen molar-refractivity contribution in [1.82, 2.24) is 10.6 Å². The van der Waals surface area contributed by atoms with E-state index in [1.165, 1.54) is 12.1 Å². The maximum Gasteiger partial charge on any atom is 0.407 e. The molecular formula is C21H25FIN3O3. The summed E-state index contributed by atoms with van der Waals surface area (Å²) in [6.07, 6.45) is -0.256. The van der Waals surface area contributed by atoms with E-state index in [2.05, 4.69) is 33.2 Å². The quantitative estimate of drug-likeness (QED) is 0.404. The van der Waals surface area contributed by atoms with Gasteiger partial charge in [-0.2, -0.15) is 0 Å². The average Bonchev–Trinajstić information content (AvgIpc) is 2.60. The van der Waals surface area contributed by atoms with E-state index < -0.39 is 17.7 Å². The predicted molar refractivity (Wildman–Crippen MR) is 119 cm³/mol. The smallest absolute Gasteiger partial charge is 0.407 e. The average molecular weight is 513 g/mol. The zero-order valence-corrected chi connectivity index (χ0v) is 18.7. The molecule has 2 aromatic rings. The summed E-state index contributed by atoms with van der Waals surface area (Å²) in [5, 5.41) is 5.53. The Labute approximate surface area is 183 Å². The Morgan fingerprint density at radius 2 is 1.93 bits per heavy atom. The second-order valence-electron chi connectivity index (χ2n) is 7.62. The van der Waals surface area contributed by atoms with Gasteiger partial charge in [0.15, 0.2) is 0 Å². The molecule has 2 rings (SSSR count). The number of alkyl carbamates (subject to hydrolysis) is 1. The van der Waals surface area contributed by atoms with E-state index in [-0.39, 0.29) is 18.3 Å². The molecule has 0 heterocycles. The lowest BCUT2D eigenvalue weighted by molar-refractivity contribution is 0.0519. The lowest BCUT2D eigenvalue weighted by atomic mass is 10.0. The number of nitrogen functional groups attached to an aromatic ring is 1. The van der Waals surface area contributed by atoms with Crippen LogP contribution in [0.1, 0.15) is 36.7 Å². The van der Waals surface area contributed by atoms with Crippen molar-refractivity contribution in [3.05, 3.63) is 63.0 Å². The molecule has 1 atom stereocenters. The summed E-state index contributed by atoms with van der Waals surface area (Å²) in [5.41, 5.74) is 6.86. The second kappa shape index (κ2) is 9.91. The molecule has 0 aromatic heterocycles. The van der Waals surface area contributed by atoms with Crippen molar-refractivity contribution in [2.45, 2.75) is 38.8 Å². The lowest BCUT2D eigenvalue weighted by Gasteiger charge is -2.23. The third kappa shape index (κ3) is 7.88. The zero-order chi connectivity index (χ0) is 21.6. The summed E-state index contributed by atoms with van der Waals surface area (Å²) in [5.74, 6) is -0.696. The summed E-state index contributed by atoms with van der Waals surface area (Å²) in [4.78, 5) is 24.6. The number of benzene rings is 2. The minimum Gasteiger partial charge on any atom is -0.444 e. The third-order valence-corrected chi connectivity index (χ3v) is 4.84. The Hall–Kier alpha value is -2.36. The Morgan fingerprint density at radius 3 is 2.55 bits per heavy atom. The van der Waals surface area contributed by atoms with E-state index in [1.54, 1.807) is 51.1 Å². The first-order valence-corrected chi connectivity index (χ1v) is 10.2. The Bertz CT molecular complexity index is 884. The molecule has 8 heteroatoms. The molecule has 0 bridgehead atoms. The van der Waals surface area contributed by atoms with Crippen LogP contribution in [-0.2, 0) is 11.2 Å². The van der Waals surface area contributed by atoms with E-state index in [9.17, 15) is 14.0 Å². The largest absolute Gasteiger partial charge is 0.444 e. The van der Waals surface area contributed by atoms with Crippen molar-refractivity contribution in [2.24, 2.45) is 0 Å². The Balaban J connectivity index is 2.11. The maximum atomic E-state index is 13.5. The van der Waals surface area contributed by atoms with E-state index in [0.717, 1.165) is 3.57 Å². The molecule has 0 saturated heterocycles. The summed E-state index contributed by atoms with van der Waals surface area (Å²) >= 11 is 2.09. The number of halogens is 2. The van der Waals surface area contributed by atoms with Crippen LogP contribution in [0.4, 0.5) is 14.9 Å². The van der Waals surface area contributed by atoms with Gasteiger partial charge in [-0.05, 0) is 85.7 Å². The number of carbonyl (C=O) groups is 2. The van der Waals surface area contributed by atoms with Gasteiger partial charge in [0.25, 0.3) is 5.91 Å². The topological polar surface area (TPSA) is 93.5 Å². The van der Waals surface area contributed by atoms with Gasteiger partial charge in [0, 0.05) is 21.4 Å². The Morgan fingerprint density at radius 1 is 1.21 bits per heavy atom. The van der Waals surface area contributed by atoms with Crippen molar-refractivity contribution in [3.63, 3.8) is 0 Å². The molecule has 0 radical (unpaired) electrons. The molecule has 2 aromatic carbocycles. The van der Waals surface area contributed by atoms with Crippen LogP contribution >= 0.6 is 22.6 Å². The molecular weight excluding hydrogens is 488 g/mol. The number of nitrogens with two attached hydrogens (primary N) is 1. The highest BCUT2D eigenvalue weighted by Gasteiger charge is 2.20. The van der Waals surface area contributed by atoms with E-state index >= 15 is 0 Å². The fourth-order valence-corrected chi connectivity index (χ4v) is 2.93. The maximum absolute atomic E-state index is 13.5. The molecule has 0 aliphatic carbocycles. The third-order valence-electron chi connectivity index (χ3n) is 3.86. The highest BCUT2D eigenvalue weighted by Crippen LogP contribution is 2.16. The first kappa shape index (κ1) is 22.9. The molecule has 6 nitrogen and oxygen atoms in total. The first-order valence-electron chi connectivity index (χ1n) is 9.10. The van der Waals surface area contributed by atoms with Gasteiger partial charge in [0.1, 0.15) is 11.4 Å².